The van der Waals surface area contributed by atoms with E-state index in [2.05, 4.69) is 15.2 Å². The molecule has 1 N–H and O–H groups in total. The Morgan fingerprint density at radius 1 is 1.12 bits per heavy atom. The fourth-order valence-electron chi connectivity index (χ4n) is 2.93. The topological polar surface area (TPSA) is 89.1 Å². The van der Waals surface area contributed by atoms with E-state index in [1.165, 1.54) is 6.26 Å². The van der Waals surface area contributed by atoms with E-state index in [4.69, 9.17) is 4.42 Å². The van der Waals surface area contributed by atoms with Crippen LogP contribution >= 0.6 is 0 Å². The molecule has 6 heteroatoms. The molecule has 0 atom stereocenters. The highest BCUT2D eigenvalue weighted by molar-refractivity contribution is 5.89. The molecule has 0 unspecified atom stereocenters. The first-order chi connectivity index (χ1) is 12.6. The van der Waals surface area contributed by atoms with E-state index in [-0.39, 0.29) is 5.69 Å². The second-order valence-corrected chi connectivity index (χ2v) is 6.07. The third-order valence-corrected chi connectivity index (χ3v) is 4.17. The van der Waals surface area contributed by atoms with Crippen LogP contribution in [-0.4, -0.2) is 26.3 Å². The normalized spacial score (nSPS) is 11.0. The predicted octanol–water partition coefficient (Wildman–Crippen LogP) is 3.88. The van der Waals surface area contributed by atoms with Crippen molar-refractivity contribution in [3.05, 3.63) is 77.4 Å². The lowest BCUT2D eigenvalue weighted by Crippen LogP contribution is -2.02. The number of fused-ring (bicyclic) bond motifs is 1. The quantitative estimate of drug-likeness (QED) is 0.604. The minimum Gasteiger partial charge on any atom is -0.477 e. The highest BCUT2D eigenvalue weighted by atomic mass is 16.4. The standard InChI is InChI=1S/C20H15N3O3/c1-12-8-16(11-21-23-12)14-4-2-13(3-5-14)9-15-10-18(20(24)25)22-17-6-7-26-19(15)17/h2-8,10-11H,9H2,1H3,(H,24,25). The average Bonchev–Trinajstić information content (AvgIpc) is 3.11. The van der Waals surface area contributed by atoms with E-state index in [1.807, 2.05) is 37.3 Å². The number of hydrogen-bond donors (Lipinski definition) is 1. The van der Waals surface area contributed by atoms with Gasteiger partial charge in [0.15, 0.2) is 5.58 Å². The molecular formula is C20H15N3O3. The number of furan rings is 1. The van der Waals surface area contributed by atoms with Crippen LogP contribution in [-0.2, 0) is 6.42 Å². The third kappa shape index (κ3) is 3.04. The highest BCUT2D eigenvalue weighted by Gasteiger charge is 2.13. The molecule has 0 spiro atoms. The van der Waals surface area contributed by atoms with E-state index >= 15 is 0 Å². The number of aryl methyl sites for hydroxylation is 1. The van der Waals surface area contributed by atoms with Gasteiger partial charge in [0.2, 0.25) is 0 Å². The van der Waals surface area contributed by atoms with E-state index < -0.39 is 5.97 Å². The fraction of sp³-hybridized carbons (Fsp3) is 0.100. The van der Waals surface area contributed by atoms with Crippen LogP contribution in [0, 0.1) is 6.92 Å². The van der Waals surface area contributed by atoms with Crippen molar-refractivity contribution in [1.82, 2.24) is 15.2 Å². The van der Waals surface area contributed by atoms with Crippen molar-refractivity contribution >= 4 is 17.1 Å². The van der Waals surface area contributed by atoms with E-state index in [9.17, 15) is 9.90 Å². The number of hydrogen-bond acceptors (Lipinski definition) is 5. The molecule has 0 amide bonds. The largest absolute Gasteiger partial charge is 0.477 e. The lowest BCUT2D eigenvalue weighted by molar-refractivity contribution is 0.0691. The first-order valence-corrected chi connectivity index (χ1v) is 8.09. The molecule has 6 nitrogen and oxygen atoms in total. The molecule has 0 saturated heterocycles. The van der Waals surface area contributed by atoms with Crippen molar-refractivity contribution in [3.63, 3.8) is 0 Å². The maximum atomic E-state index is 11.3. The summed E-state index contributed by atoms with van der Waals surface area (Å²) in [5.41, 5.74) is 5.96. The third-order valence-electron chi connectivity index (χ3n) is 4.17. The Morgan fingerprint density at radius 3 is 2.65 bits per heavy atom. The number of carboxylic acids is 1. The van der Waals surface area contributed by atoms with Crippen molar-refractivity contribution in [2.24, 2.45) is 0 Å². The maximum absolute atomic E-state index is 11.3. The van der Waals surface area contributed by atoms with E-state index in [0.717, 1.165) is 27.9 Å². The molecule has 0 bridgehead atoms. The highest BCUT2D eigenvalue weighted by Crippen LogP contribution is 2.24. The van der Waals surface area contributed by atoms with Crippen LogP contribution < -0.4 is 0 Å². The second kappa shape index (κ2) is 6.40. The average molecular weight is 345 g/mol. The van der Waals surface area contributed by atoms with Crippen molar-refractivity contribution in [1.29, 1.82) is 0 Å². The van der Waals surface area contributed by atoms with Crippen molar-refractivity contribution in [2.75, 3.05) is 0 Å². The van der Waals surface area contributed by atoms with Crippen molar-refractivity contribution < 1.29 is 14.3 Å². The number of carbonyl (C=O) groups is 1. The lowest BCUT2D eigenvalue weighted by Gasteiger charge is -2.06. The Morgan fingerprint density at radius 2 is 1.92 bits per heavy atom. The molecule has 128 valence electrons. The molecule has 4 aromatic rings. The van der Waals surface area contributed by atoms with Gasteiger partial charge >= 0.3 is 5.97 Å². The molecule has 0 aliphatic rings. The monoisotopic (exact) mass is 345 g/mol. The number of carboxylic acid groups (broad SMARTS) is 1. The van der Waals surface area contributed by atoms with Gasteiger partial charge in [0.1, 0.15) is 11.2 Å². The summed E-state index contributed by atoms with van der Waals surface area (Å²) in [6.07, 6.45) is 3.81. The molecule has 1 aromatic carbocycles. The van der Waals surface area contributed by atoms with Crippen LogP contribution in [0.2, 0.25) is 0 Å². The summed E-state index contributed by atoms with van der Waals surface area (Å²) in [4.78, 5) is 15.4. The van der Waals surface area contributed by atoms with Crippen LogP contribution in [0.15, 0.2) is 59.3 Å². The molecule has 0 aliphatic heterocycles. The SMILES string of the molecule is Cc1cc(-c2ccc(Cc3cc(C(=O)O)nc4ccoc34)cc2)cnn1. The van der Waals surface area contributed by atoms with Crippen LogP contribution in [0.25, 0.3) is 22.2 Å². The fourth-order valence-corrected chi connectivity index (χ4v) is 2.93. The van der Waals surface area contributed by atoms with Gasteiger partial charge < -0.3 is 9.52 Å². The van der Waals surface area contributed by atoms with Gasteiger partial charge in [-0.05, 0) is 30.2 Å². The summed E-state index contributed by atoms with van der Waals surface area (Å²) in [7, 11) is 0. The smallest absolute Gasteiger partial charge is 0.354 e. The van der Waals surface area contributed by atoms with Gasteiger partial charge in [-0.2, -0.15) is 10.2 Å². The molecule has 26 heavy (non-hydrogen) atoms. The summed E-state index contributed by atoms with van der Waals surface area (Å²) in [6, 6.07) is 13.3. The molecule has 4 rings (SSSR count). The van der Waals surface area contributed by atoms with Gasteiger partial charge in [-0.1, -0.05) is 24.3 Å². The number of aromatic carboxylic acids is 1. The molecule has 0 fully saturated rings. The zero-order chi connectivity index (χ0) is 18.1. The maximum Gasteiger partial charge on any atom is 0.354 e. The Bertz CT molecular complexity index is 1100. The first kappa shape index (κ1) is 16.0. The predicted molar refractivity (Wildman–Crippen MR) is 96.0 cm³/mol. The zero-order valence-corrected chi connectivity index (χ0v) is 14.0. The Balaban J connectivity index is 1.66. The summed E-state index contributed by atoms with van der Waals surface area (Å²) in [5.74, 6) is -1.05. The lowest BCUT2D eigenvalue weighted by atomic mass is 10.0. The van der Waals surface area contributed by atoms with E-state index in [1.54, 1.807) is 18.3 Å². The molecule has 0 radical (unpaired) electrons. The number of aromatic nitrogens is 3. The van der Waals surface area contributed by atoms with E-state index in [0.29, 0.717) is 17.5 Å². The molecule has 3 aromatic heterocycles. The Hall–Kier alpha value is -3.54. The van der Waals surface area contributed by atoms with Crippen LogP contribution in [0.4, 0.5) is 0 Å². The van der Waals surface area contributed by atoms with Crippen LogP contribution in [0.1, 0.15) is 27.3 Å². The zero-order valence-electron chi connectivity index (χ0n) is 14.0. The van der Waals surface area contributed by atoms with Crippen LogP contribution in [0.3, 0.4) is 0 Å². The summed E-state index contributed by atoms with van der Waals surface area (Å²) >= 11 is 0. The number of benzene rings is 1. The molecule has 0 saturated carbocycles. The Kier molecular flexibility index (Phi) is 3.93. The molecule has 0 aliphatic carbocycles. The summed E-state index contributed by atoms with van der Waals surface area (Å²) < 4.78 is 5.49. The summed E-state index contributed by atoms with van der Waals surface area (Å²) in [6.45, 7) is 1.91. The number of pyridine rings is 1. The Labute approximate surface area is 149 Å². The van der Waals surface area contributed by atoms with Gasteiger partial charge in [-0.3, -0.25) is 0 Å². The first-order valence-electron chi connectivity index (χ1n) is 8.09. The van der Waals surface area contributed by atoms with Gasteiger partial charge in [-0.25, -0.2) is 9.78 Å². The van der Waals surface area contributed by atoms with Gasteiger partial charge in [0.05, 0.1) is 18.2 Å². The minimum atomic E-state index is -1.05. The molecule has 3 heterocycles. The number of nitrogens with zero attached hydrogens (tertiary/aromatic N) is 3. The second-order valence-electron chi connectivity index (χ2n) is 6.07. The minimum absolute atomic E-state index is 0.0175. The van der Waals surface area contributed by atoms with Gasteiger partial charge in [0, 0.05) is 23.6 Å². The van der Waals surface area contributed by atoms with Crippen molar-refractivity contribution in [2.45, 2.75) is 13.3 Å². The molecular weight excluding hydrogens is 330 g/mol. The van der Waals surface area contributed by atoms with Gasteiger partial charge in [0.25, 0.3) is 0 Å². The summed E-state index contributed by atoms with van der Waals surface area (Å²) in [5, 5.41) is 17.2. The number of rotatable bonds is 4. The van der Waals surface area contributed by atoms with Gasteiger partial charge in [-0.15, -0.1) is 0 Å². The van der Waals surface area contributed by atoms with Crippen molar-refractivity contribution in [3.8, 4) is 11.1 Å². The van der Waals surface area contributed by atoms with Crippen LogP contribution in [0.5, 0.6) is 0 Å².